The number of carboxylic acids is 1. The van der Waals surface area contributed by atoms with Crippen LogP contribution in [-0.2, 0) is 22.1 Å². The van der Waals surface area contributed by atoms with Crippen LogP contribution in [0.1, 0.15) is 73.7 Å². The molecular weight excluding hydrogens is 586 g/mol. The number of halogens is 6. The number of fused-ring (bicyclic) bond motifs is 2. The van der Waals surface area contributed by atoms with E-state index < -0.39 is 53.1 Å². The third kappa shape index (κ3) is 4.46. The van der Waals surface area contributed by atoms with Crippen LogP contribution >= 0.6 is 0 Å². The van der Waals surface area contributed by atoms with E-state index in [1.807, 2.05) is 0 Å². The van der Waals surface area contributed by atoms with Crippen molar-refractivity contribution < 1.29 is 50.5 Å². The maximum Gasteiger partial charge on any atom is 0.586 e. The van der Waals surface area contributed by atoms with E-state index in [0.717, 1.165) is 10.7 Å². The van der Waals surface area contributed by atoms with Crippen LogP contribution in [0, 0.1) is 11.2 Å². The van der Waals surface area contributed by atoms with Gasteiger partial charge in [-0.05, 0) is 75.3 Å². The van der Waals surface area contributed by atoms with Gasteiger partial charge in [-0.15, -0.1) is 8.78 Å². The molecule has 3 aromatic rings. The Morgan fingerprint density at radius 3 is 2.58 bits per heavy atom. The van der Waals surface area contributed by atoms with Crippen molar-refractivity contribution in [1.29, 1.82) is 0 Å². The molecule has 2 N–H and O–H groups in total. The van der Waals surface area contributed by atoms with E-state index in [4.69, 9.17) is 4.74 Å². The number of pyridine rings is 1. The predicted molar refractivity (Wildman–Crippen MR) is 134 cm³/mol. The van der Waals surface area contributed by atoms with Crippen LogP contribution in [-0.4, -0.2) is 37.7 Å². The average Bonchev–Trinajstić information content (AvgIpc) is 3.42. The molecule has 0 saturated heterocycles. The van der Waals surface area contributed by atoms with Gasteiger partial charge in [0.1, 0.15) is 6.10 Å². The van der Waals surface area contributed by atoms with E-state index in [1.54, 1.807) is 6.92 Å². The summed E-state index contributed by atoms with van der Waals surface area (Å²) in [7, 11) is 0. The minimum Gasteiger partial charge on any atom is -0.481 e. The first-order valence-corrected chi connectivity index (χ1v) is 13.6. The molecule has 3 heterocycles. The number of carbonyl (C=O) groups is 1. The molecule has 2 bridgehead atoms. The van der Waals surface area contributed by atoms with Gasteiger partial charge in [0.2, 0.25) is 0 Å². The molecular formula is C28H24F6N4O5. The van der Waals surface area contributed by atoms with E-state index >= 15 is 0 Å². The Morgan fingerprint density at radius 1 is 1.16 bits per heavy atom. The second-order valence-electron chi connectivity index (χ2n) is 11.7. The lowest BCUT2D eigenvalue weighted by Crippen LogP contribution is -2.71. The number of alkyl halides is 5. The van der Waals surface area contributed by atoms with Crippen molar-refractivity contribution in [2.45, 2.75) is 75.7 Å². The first-order chi connectivity index (χ1) is 20.2. The van der Waals surface area contributed by atoms with Gasteiger partial charge in [0.15, 0.2) is 34.6 Å². The highest BCUT2D eigenvalue weighted by Gasteiger charge is 2.73. The summed E-state index contributed by atoms with van der Waals surface area (Å²) in [5, 5.41) is 16.2. The quantitative estimate of drug-likeness (QED) is 0.300. The SMILES string of the molecule is C[C@H](Nc1nc(-n2nc(C(F)(F)F)c3c2[C@@H](OC24CC(C(=O)O)(C2)C4)CCC3)ccc1F)c1ccc2c(c1)OC(F)(F)O2. The van der Waals surface area contributed by atoms with Gasteiger partial charge in [-0.3, -0.25) is 4.79 Å². The molecule has 2 atom stereocenters. The first-order valence-electron chi connectivity index (χ1n) is 13.6. The van der Waals surface area contributed by atoms with Crippen molar-refractivity contribution >= 4 is 11.8 Å². The third-order valence-electron chi connectivity index (χ3n) is 8.64. The maximum atomic E-state index is 14.9. The summed E-state index contributed by atoms with van der Waals surface area (Å²) in [6, 6.07) is 5.60. The standard InChI is InChI=1S/C28H24F6N4O5/c1-13(14-5-7-17-19(9-14)43-28(33,34)42-17)35-23-16(29)6-8-20(36-23)38-21-15(22(37-38)27(30,31)32)3-2-4-18(21)41-26-10-25(11-26,12-26)24(39)40/h5-9,13,18H,2-4,10-12H2,1H3,(H,35,36)(H,39,40)/t13-,18-,25?,26?/m0/s1. The fourth-order valence-electron chi connectivity index (χ4n) is 6.68. The van der Waals surface area contributed by atoms with Crippen LogP contribution in [0.25, 0.3) is 5.82 Å². The molecule has 9 nitrogen and oxygen atoms in total. The van der Waals surface area contributed by atoms with Crippen molar-refractivity contribution in [1.82, 2.24) is 14.8 Å². The Morgan fingerprint density at radius 2 is 1.88 bits per heavy atom. The summed E-state index contributed by atoms with van der Waals surface area (Å²) in [6.45, 7) is 1.61. The number of hydrogen-bond donors (Lipinski definition) is 2. The molecule has 1 aromatic carbocycles. The number of anilines is 1. The Kier molecular flexibility index (Phi) is 5.82. The molecule has 15 heteroatoms. The number of aromatic nitrogens is 3. The monoisotopic (exact) mass is 610 g/mol. The summed E-state index contributed by atoms with van der Waals surface area (Å²) in [5.41, 5.74) is -2.08. The second-order valence-corrected chi connectivity index (χ2v) is 11.7. The van der Waals surface area contributed by atoms with Crippen molar-refractivity contribution in [2.24, 2.45) is 5.41 Å². The predicted octanol–water partition coefficient (Wildman–Crippen LogP) is 6.32. The fourth-order valence-corrected chi connectivity index (χ4v) is 6.68. The molecule has 1 aliphatic heterocycles. The van der Waals surface area contributed by atoms with E-state index in [9.17, 15) is 36.2 Å². The van der Waals surface area contributed by atoms with Crippen LogP contribution in [0.15, 0.2) is 30.3 Å². The molecule has 3 fully saturated rings. The number of benzene rings is 1. The summed E-state index contributed by atoms with van der Waals surface area (Å²) in [4.78, 5) is 15.8. The zero-order valence-electron chi connectivity index (χ0n) is 22.5. The normalized spacial score (nSPS) is 27.1. The summed E-state index contributed by atoms with van der Waals surface area (Å²) >= 11 is 0. The number of rotatable bonds is 7. The molecule has 0 unspecified atom stereocenters. The van der Waals surface area contributed by atoms with Crippen molar-refractivity contribution in [3.8, 4) is 17.3 Å². The van der Waals surface area contributed by atoms with Gasteiger partial charge < -0.3 is 24.6 Å². The van der Waals surface area contributed by atoms with E-state index in [0.29, 0.717) is 37.7 Å². The van der Waals surface area contributed by atoms with E-state index in [1.165, 1.54) is 24.3 Å². The van der Waals surface area contributed by atoms with Gasteiger partial charge in [-0.1, -0.05) is 6.07 Å². The topological polar surface area (TPSA) is 108 Å². The highest BCUT2D eigenvalue weighted by atomic mass is 19.4. The zero-order chi connectivity index (χ0) is 30.5. The largest absolute Gasteiger partial charge is 0.586 e. The minimum atomic E-state index is -4.77. The minimum absolute atomic E-state index is 0.0329. The van der Waals surface area contributed by atoms with Crippen LogP contribution in [0.4, 0.5) is 32.2 Å². The summed E-state index contributed by atoms with van der Waals surface area (Å²) < 4.78 is 100. The smallest absolute Gasteiger partial charge is 0.481 e. The molecule has 5 aliphatic rings. The van der Waals surface area contributed by atoms with Crippen molar-refractivity contribution in [3.63, 3.8) is 0 Å². The maximum absolute atomic E-state index is 14.9. The lowest BCUT2D eigenvalue weighted by atomic mass is 9.41. The fraction of sp³-hybridized carbons (Fsp3) is 0.464. The lowest BCUT2D eigenvalue weighted by molar-refractivity contribution is -0.300. The van der Waals surface area contributed by atoms with Crippen LogP contribution in [0.3, 0.4) is 0 Å². The van der Waals surface area contributed by atoms with Gasteiger partial charge in [0, 0.05) is 5.56 Å². The van der Waals surface area contributed by atoms with Crippen molar-refractivity contribution in [2.75, 3.05) is 5.32 Å². The Labute approximate surface area is 239 Å². The number of nitrogens with zero attached hydrogens (tertiary/aromatic N) is 3. The van der Waals surface area contributed by atoms with Gasteiger partial charge in [0.25, 0.3) is 0 Å². The Bertz CT molecular complexity index is 1640. The molecule has 0 spiro atoms. The third-order valence-corrected chi connectivity index (χ3v) is 8.64. The number of carboxylic acid groups (broad SMARTS) is 1. The van der Waals surface area contributed by atoms with Crippen molar-refractivity contribution in [3.05, 3.63) is 58.7 Å². The molecule has 0 amide bonds. The molecule has 8 rings (SSSR count). The second kappa shape index (κ2) is 9.00. The Balaban J connectivity index is 1.20. The van der Waals surface area contributed by atoms with Crippen LogP contribution < -0.4 is 14.8 Å². The average molecular weight is 611 g/mol. The molecule has 43 heavy (non-hydrogen) atoms. The number of aliphatic carboxylic acids is 1. The van der Waals surface area contributed by atoms with Gasteiger partial charge in [-0.2, -0.15) is 18.3 Å². The zero-order valence-corrected chi connectivity index (χ0v) is 22.5. The summed E-state index contributed by atoms with van der Waals surface area (Å²) in [5.74, 6) is -2.48. The van der Waals surface area contributed by atoms with E-state index in [2.05, 4.69) is 24.9 Å². The first kappa shape index (κ1) is 27.8. The molecule has 2 aromatic heterocycles. The lowest BCUT2D eigenvalue weighted by Gasteiger charge is -2.67. The van der Waals surface area contributed by atoms with Crippen LogP contribution in [0.5, 0.6) is 11.5 Å². The molecule has 4 aliphatic carbocycles. The molecule has 228 valence electrons. The highest BCUT2D eigenvalue weighted by Crippen LogP contribution is 2.70. The number of hydrogen-bond acceptors (Lipinski definition) is 7. The van der Waals surface area contributed by atoms with Gasteiger partial charge >= 0.3 is 18.4 Å². The highest BCUT2D eigenvalue weighted by molar-refractivity contribution is 5.79. The number of nitrogens with one attached hydrogen (secondary N) is 1. The van der Waals surface area contributed by atoms with Crippen LogP contribution in [0.2, 0.25) is 0 Å². The van der Waals surface area contributed by atoms with Gasteiger partial charge in [-0.25, -0.2) is 14.1 Å². The Hall–Kier alpha value is -4.01. The number of ether oxygens (including phenoxy) is 3. The van der Waals surface area contributed by atoms with Gasteiger partial charge in [0.05, 0.1) is 22.8 Å². The summed E-state index contributed by atoms with van der Waals surface area (Å²) in [6.07, 6.45) is -7.60. The van der Waals surface area contributed by atoms with E-state index in [-0.39, 0.29) is 40.8 Å². The molecule has 0 radical (unpaired) electrons. The molecule has 3 saturated carbocycles.